The molecule has 4 nitrogen and oxygen atoms in total. The summed E-state index contributed by atoms with van der Waals surface area (Å²) in [5, 5.41) is 2.79. The molecule has 0 bridgehead atoms. The van der Waals surface area contributed by atoms with Crippen LogP contribution in [0.2, 0.25) is 0 Å². The first kappa shape index (κ1) is 14.6. The zero-order valence-electron chi connectivity index (χ0n) is 12.4. The number of carbonyl (C=O) groups is 1. The Balaban J connectivity index is 1.57. The van der Waals surface area contributed by atoms with Gasteiger partial charge in [0.25, 0.3) is 5.91 Å². The maximum absolute atomic E-state index is 12.1. The lowest BCUT2D eigenvalue weighted by Crippen LogP contribution is -2.23. The van der Waals surface area contributed by atoms with Crippen LogP contribution in [0.25, 0.3) is 5.69 Å². The lowest BCUT2D eigenvalue weighted by Gasteiger charge is -2.04. The molecule has 1 amide bonds. The molecule has 2 aromatic carbocycles. The number of nitrogens with one attached hydrogen (secondary N) is 1. The zero-order valence-corrected chi connectivity index (χ0v) is 12.4. The Morgan fingerprint density at radius 3 is 2.57 bits per heavy atom. The molecule has 0 aliphatic rings. The molecule has 3 aromatic rings. The highest BCUT2D eigenvalue weighted by Gasteiger charge is 2.04. The molecule has 0 radical (unpaired) electrons. The molecule has 3 rings (SSSR count). The summed E-state index contributed by atoms with van der Waals surface area (Å²) in [7, 11) is 0. The maximum atomic E-state index is 12.1. The largest absolute Gasteiger partial charge is 0.341 e. The smallest absolute Gasteiger partial charge is 0.252 e. The second-order valence-electron chi connectivity index (χ2n) is 4.87. The van der Waals surface area contributed by atoms with Crippen LogP contribution in [0.4, 0.5) is 0 Å². The van der Waals surface area contributed by atoms with Crippen LogP contribution in [0.15, 0.2) is 73.3 Å². The molecule has 23 heavy (non-hydrogen) atoms. The Bertz CT molecular complexity index is 826. The van der Waals surface area contributed by atoms with Crippen LogP contribution in [0, 0.1) is 11.8 Å². The van der Waals surface area contributed by atoms with Crippen molar-refractivity contribution in [2.24, 2.45) is 0 Å². The Labute approximate surface area is 134 Å². The van der Waals surface area contributed by atoms with Crippen LogP contribution >= 0.6 is 0 Å². The van der Waals surface area contributed by atoms with E-state index in [1.807, 2.05) is 53.2 Å². The van der Waals surface area contributed by atoms with Crippen LogP contribution in [0.3, 0.4) is 0 Å². The number of hydrogen-bond acceptors (Lipinski definition) is 2. The van der Waals surface area contributed by atoms with Gasteiger partial charge in [-0.1, -0.05) is 30.0 Å². The van der Waals surface area contributed by atoms with Crippen molar-refractivity contribution >= 4 is 5.91 Å². The van der Waals surface area contributed by atoms with E-state index in [-0.39, 0.29) is 5.91 Å². The van der Waals surface area contributed by atoms with E-state index in [2.05, 4.69) is 22.1 Å². The second-order valence-corrected chi connectivity index (χ2v) is 4.87. The minimum atomic E-state index is -0.135. The summed E-state index contributed by atoms with van der Waals surface area (Å²) in [6.07, 6.45) is 5.29. The molecule has 0 aliphatic heterocycles. The van der Waals surface area contributed by atoms with Gasteiger partial charge in [0, 0.05) is 29.2 Å². The summed E-state index contributed by atoms with van der Waals surface area (Å²) in [5.74, 6) is 5.81. The third-order valence-electron chi connectivity index (χ3n) is 3.28. The van der Waals surface area contributed by atoms with E-state index in [1.54, 1.807) is 24.7 Å². The monoisotopic (exact) mass is 301 g/mol. The van der Waals surface area contributed by atoms with Gasteiger partial charge in [-0.2, -0.15) is 0 Å². The van der Waals surface area contributed by atoms with Crippen molar-refractivity contribution < 1.29 is 4.79 Å². The summed E-state index contributed by atoms with van der Waals surface area (Å²) < 4.78 is 1.88. The van der Waals surface area contributed by atoms with Crippen molar-refractivity contribution in [1.82, 2.24) is 14.9 Å². The molecule has 0 unspecified atom stereocenters. The van der Waals surface area contributed by atoms with Crippen LogP contribution < -0.4 is 5.32 Å². The van der Waals surface area contributed by atoms with Crippen LogP contribution in [0.5, 0.6) is 0 Å². The van der Waals surface area contributed by atoms with Gasteiger partial charge in [-0.25, -0.2) is 4.98 Å². The van der Waals surface area contributed by atoms with Gasteiger partial charge in [0.05, 0.1) is 12.9 Å². The Morgan fingerprint density at radius 2 is 1.87 bits per heavy atom. The summed E-state index contributed by atoms with van der Waals surface area (Å²) in [5.41, 5.74) is 2.50. The normalized spacial score (nSPS) is 9.74. The quantitative estimate of drug-likeness (QED) is 0.756. The van der Waals surface area contributed by atoms with Crippen molar-refractivity contribution in [3.63, 3.8) is 0 Å². The molecule has 1 aromatic heterocycles. The van der Waals surface area contributed by atoms with Crippen molar-refractivity contribution in [2.45, 2.75) is 0 Å². The van der Waals surface area contributed by atoms with Gasteiger partial charge < -0.3 is 9.88 Å². The van der Waals surface area contributed by atoms with Gasteiger partial charge in [0.1, 0.15) is 0 Å². The summed E-state index contributed by atoms with van der Waals surface area (Å²) in [4.78, 5) is 16.1. The number of rotatable bonds is 3. The molecule has 1 heterocycles. The third-order valence-corrected chi connectivity index (χ3v) is 3.28. The van der Waals surface area contributed by atoms with Crippen molar-refractivity contribution in [3.05, 3.63) is 84.4 Å². The molecule has 0 spiro atoms. The molecule has 4 heteroatoms. The van der Waals surface area contributed by atoms with Gasteiger partial charge in [-0.05, 0) is 36.4 Å². The fraction of sp³-hybridized carbons (Fsp3) is 0.0526. The predicted molar refractivity (Wildman–Crippen MR) is 89.2 cm³/mol. The SMILES string of the molecule is O=C(NCC#Cc1ccccc1)c1ccc(-n2ccnc2)cc1. The first-order chi connectivity index (χ1) is 11.3. The minimum absolute atomic E-state index is 0.135. The number of hydrogen-bond donors (Lipinski definition) is 1. The standard InChI is InChI=1S/C19H15N3O/c23-19(21-12-4-7-16-5-2-1-3-6-16)17-8-10-18(11-9-17)22-14-13-20-15-22/h1-3,5-6,8-11,13-15H,12H2,(H,21,23). The molecule has 0 saturated heterocycles. The summed E-state index contributed by atoms with van der Waals surface area (Å²) in [6, 6.07) is 17.0. The van der Waals surface area contributed by atoms with Gasteiger partial charge in [-0.3, -0.25) is 4.79 Å². The van der Waals surface area contributed by atoms with Crippen LogP contribution in [-0.4, -0.2) is 22.0 Å². The molecule has 0 atom stereocenters. The molecule has 0 aliphatic carbocycles. The average Bonchev–Trinajstić information content (AvgIpc) is 3.14. The van der Waals surface area contributed by atoms with Crippen molar-refractivity contribution in [1.29, 1.82) is 0 Å². The Kier molecular flexibility index (Phi) is 4.51. The van der Waals surface area contributed by atoms with E-state index >= 15 is 0 Å². The Morgan fingerprint density at radius 1 is 1.09 bits per heavy atom. The molecule has 1 N–H and O–H groups in total. The first-order valence-corrected chi connectivity index (χ1v) is 7.23. The van der Waals surface area contributed by atoms with Crippen LogP contribution in [-0.2, 0) is 0 Å². The molecule has 0 fully saturated rings. The van der Waals surface area contributed by atoms with E-state index in [1.165, 1.54) is 0 Å². The van der Waals surface area contributed by atoms with E-state index in [0.29, 0.717) is 12.1 Å². The van der Waals surface area contributed by atoms with E-state index < -0.39 is 0 Å². The Hall–Kier alpha value is -3.32. The van der Waals surface area contributed by atoms with E-state index in [0.717, 1.165) is 11.3 Å². The first-order valence-electron chi connectivity index (χ1n) is 7.23. The topological polar surface area (TPSA) is 46.9 Å². The number of benzene rings is 2. The van der Waals surface area contributed by atoms with Gasteiger partial charge in [0.2, 0.25) is 0 Å². The van der Waals surface area contributed by atoms with E-state index in [4.69, 9.17) is 0 Å². The second kappa shape index (κ2) is 7.10. The average molecular weight is 301 g/mol. The summed E-state index contributed by atoms with van der Waals surface area (Å²) >= 11 is 0. The molecule has 112 valence electrons. The van der Waals surface area contributed by atoms with Crippen molar-refractivity contribution in [3.8, 4) is 17.5 Å². The lowest BCUT2D eigenvalue weighted by atomic mass is 10.2. The number of carbonyl (C=O) groups excluding carboxylic acids is 1. The highest BCUT2D eigenvalue weighted by molar-refractivity contribution is 5.94. The lowest BCUT2D eigenvalue weighted by molar-refractivity contribution is 0.0958. The van der Waals surface area contributed by atoms with E-state index in [9.17, 15) is 4.79 Å². The van der Waals surface area contributed by atoms with Gasteiger partial charge >= 0.3 is 0 Å². The number of nitrogens with zero attached hydrogens (tertiary/aromatic N) is 2. The third kappa shape index (κ3) is 3.86. The van der Waals surface area contributed by atoms with Gasteiger partial charge in [-0.15, -0.1) is 0 Å². The number of imidazole rings is 1. The van der Waals surface area contributed by atoms with Crippen LogP contribution in [0.1, 0.15) is 15.9 Å². The maximum Gasteiger partial charge on any atom is 0.252 e. The predicted octanol–water partition coefficient (Wildman–Crippen LogP) is 2.65. The number of aromatic nitrogens is 2. The highest BCUT2D eigenvalue weighted by Crippen LogP contribution is 2.09. The number of amides is 1. The minimum Gasteiger partial charge on any atom is -0.341 e. The molecular formula is C19H15N3O. The zero-order chi connectivity index (χ0) is 15.9. The van der Waals surface area contributed by atoms with Gasteiger partial charge in [0.15, 0.2) is 0 Å². The fourth-order valence-corrected chi connectivity index (χ4v) is 2.09. The molecule has 0 saturated carbocycles. The highest BCUT2D eigenvalue weighted by atomic mass is 16.1. The molecular weight excluding hydrogens is 286 g/mol. The summed E-state index contributed by atoms with van der Waals surface area (Å²) in [6.45, 7) is 0.316. The fourth-order valence-electron chi connectivity index (χ4n) is 2.09. The van der Waals surface area contributed by atoms with Crippen molar-refractivity contribution in [2.75, 3.05) is 6.54 Å².